The van der Waals surface area contributed by atoms with E-state index in [1.807, 2.05) is 13.8 Å². The van der Waals surface area contributed by atoms with Crippen LogP contribution in [0.3, 0.4) is 0 Å². The first-order valence-electron chi connectivity index (χ1n) is 9.48. The first-order chi connectivity index (χ1) is 12.5. The molecule has 0 spiro atoms. The number of ether oxygens (including phenoxy) is 1. The van der Waals surface area contributed by atoms with E-state index in [0.717, 1.165) is 19.6 Å². The van der Waals surface area contributed by atoms with E-state index in [4.69, 9.17) is 4.74 Å². The smallest absolute Gasteiger partial charge is 0.315 e. The van der Waals surface area contributed by atoms with Gasteiger partial charge >= 0.3 is 6.03 Å². The number of aliphatic hydroxyl groups is 1. The van der Waals surface area contributed by atoms with Gasteiger partial charge in [0.1, 0.15) is 6.10 Å². The normalized spacial score (nSPS) is 26.1. The first-order valence-corrected chi connectivity index (χ1v) is 9.48. The predicted molar refractivity (Wildman–Crippen MR) is 98.8 cm³/mol. The summed E-state index contributed by atoms with van der Waals surface area (Å²) in [6, 6.07) is -0.712. The predicted octanol–water partition coefficient (Wildman–Crippen LogP) is -0.0194. The Labute approximate surface area is 155 Å². The Morgan fingerprint density at radius 1 is 1.27 bits per heavy atom. The van der Waals surface area contributed by atoms with Crippen LogP contribution >= 0.6 is 0 Å². The molecule has 0 unspecified atom stereocenters. The van der Waals surface area contributed by atoms with Crippen molar-refractivity contribution in [3.05, 3.63) is 12.2 Å². The van der Waals surface area contributed by atoms with E-state index in [1.54, 1.807) is 12.2 Å². The van der Waals surface area contributed by atoms with Crippen molar-refractivity contribution in [2.24, 2.45) is 0 Å². The van der Waals surface area contributed by atoms with Crippen LogP contribution in [-0.4, -0.2) is 79.0 Å². The van der Waals surface area contributed by atoms with Gasteiger partial charge in [-0.3, -0.25) is 4.79 Å². The van der Waals surface area contributed by atoms with Crippen molar-refractivity contribution in [1.82, 2.24) is 20.9 Å². The SMILES string of the molecule is CC(C)NC(=O)N[C@@H]1C=C[C@@H](CC(=O)NCCN2CCCC2)O[C@H]1CO. The van der Waals surface area contributed by atoms with Crippen LogP contribution in [0.2, 0.25) is 0 Å². The molecule has 8 nitrogen and oxygen atoms in total. The quantitative estimate of drug-likeness (QED) is 0.451. The summed E-state index contributed by atoms with van der Waals surface area (Å²) in [6.07, 6.45) is 5.27. The molecule has 0 saturated carbocycles. The highest BCUT2D eigenvalue weighted by Gasteiger charge is 2.29. The van der Waals surface area contributed by atoms with Gasteiger partial charge in [0.25, 0.3) is 0 Å². The molecule has 0 radical (unpaired) electrons. The number of nitrogens with one attached hydrogen (secondary N) is 3. The molecule has 148 valence electrons. The Balaban J connectivity index is 1.73. The van der Waals surface area contributed by atoms with Gasteiger partial charge in [0, 0.05) is 19.1 Å². The van der Waals surface area contributed by atoms with Crippen molar-refractivity contribution < 1.29 is 19.4 Å². The monoisotopic (exact) mass is 368 g/mol. The largest absolute Gasteiger partial charge is 0.394 e. The van der Waals surface area contributed by atoms with E-state index in [2.05, 4.69) is 20.9 Å². The first kappa shape index (κ1) is 20.7. The lowest BCUT2D eigenvalue weighted by Crippen LogP contribution is -2.52. The highest BCUT2D eigenvalue weighted by molar-refractivity contribution is 5.77. The molecular weight excluding hydrogens is 336 g/mol. The summed E-state index contributed by atoms with van der Waals surface area (Å²) in [5, 5.41) is 17.9. The Kier molecular flexibility index (Phi) is 8.34. The van der Waals surface area contributed by atoms with E-state index in [0.29, 0.717) is 6.54 Å². The summed E-state index contributed by atoms with van der Waals surface area (Å²) >= 11 is 0. The Morgan fingerprint density at radius 3 is 2.65 bits per heavy atom. The van der Waals surface area contributed by atoms with Crippen molar-refractivity contribution >= 4 is 11.9 Å². The van der Waals surface area contributed by atoms with Gasteiger partial charge in [0.05, 0.1) is 25.2 Å². The summed E-state index contributed by atoms with van der Waals surface area (Å²) in [6.45, 7) is 7.25. The van der Waals surface area contributed by atoms with Crippen molar-refractivity contribution in [2.75, 3.05) is 32.8 Å². The average molecular weight is 368 g/mol. The van der Waals surface area contributed by atoms with Gasteiger partial charge in [0.15, 0.2) is 0 Å². The van der Waals surface area contributed by atoms with E-state index < -0.39 is 18.2 Å². The van der Waals surface area contributed by atoms with Gasteiger partial charge in [-0.15, -0.1) is 0 Å². The Hall–Kier alpha value is -1.64. The number of carbonyl (C=O) groups is 2. The number of urea groups is 1. The minimum Gasteiger partial charge on any atom is -0.394 e. The Bertz CT molecular complexity index is 492. The van der Waals surface area contributed by atoms with Gasteiger partial charge in [-0.1, -0.05) is 12.2 Å². The van der Waals surface area contributed by atoms with Gasteiger partial charge in [-0.2, -0.15) is 0 Å². The third kappa shape index (κ3) is 6.93. The lowest BCUT2D eigenvalue weighted by atomic mass is 10.0. The molecule has 3 atom stereocenters. The molecule has 2 rings (SSSR count). The number of likely N-dealkylation sites (tertiary alicyclic amines) is 1. The summed E-state index contributed by atoms with van der Waals surface area (Å²) in [4.78, 5) is 26.2. The molecule has 8 heteroatoms. The van der Waals surface area contributed by atoms with E-state index >= 15 is 0 Å². The molecule has 26 heavy (non-hydrogen) atoms. The molecule has 0 aliphatic carbocycles. The van der Waals surface area contributed by atoms with Gasteiger partial charge in [-0.05, 0) is 39.8 Å². The minimum absolute atomic E-state index is 0.0214. The average Bonchev–Trinajstić information content (AvgIpc) is 3.08. The van der Waals surface area contributed by atoms with E-state index in [9.17, 15) is 14.7 Å². The third-order valence-electron chi connectivity index (χ3n) is 4.52. The van der Waals surface area contributed by atoms with Gasteiger partial charge in [-0.25, -0.2) is 4.79 Å². The molecule has 0 aromatic rings. The maximum atomic E-state index is 12.1. The number of aliphatic hydroxyl groups excluding tert-OH is 1. The standard InChI is InChI=1S/C18H32N4O4/c1-13(2)20-18(25)21-15-6-5-14(26-16(15)12-23)11-17(24)19-7-10-22-8-3-4-9-22/h5-6,13-16,23H,3-4,7-12H2,1-2H3,(H,19,24)(H2,20,21,25)/t14-,15+,16-/m0/s1. The molecule has 2 aliphatic heterocycles. The summed E-state index contributed by atoms with van der Waals surface area (Å²) < 4.78 is 5.75. The molecule has 1 saturated heterocycles. The summed E-state index contributed by atoms with van der Waals surface area (Å²) in [5.41, 5.74) is 0. The van der Waals surface area contributed by atoms with Crippen LogP contribution < -0.4 is 16.0 Å². The zero-order chi connectivity index (χ0) is 18.9. The summed E-state index contributed by atoms with van der Waals surface area (Å²) in [5.74, 6) is -0.0699. The number of amides is 3. The molecule has 2 heterocycles. The number of hydrogen-bond acceptors (Lipinski definition) is 5. The van der Waals surface area contributed by atoms with Crippen molar-refractivity contribution in [1.29, 1.82) is 0 Å². The van der Waals surface area contributed by atoms with Crippen molar-refractivity contribution in [3.8, 4) is 0 Å². The Morgan fingerprint density at radius 2 is 2.00 bits per heavy atom. The maximum Gasteiger partial charge on any atom is 0.315 e. The van der Waals surface area contributed by atoms with Crippen LogP contribution in [0, 0.1) is 0 Å². The molecule has 0 aromatic heterocycles. The third-order valence-corrected chi connectivity index (χ3v) is 4.52. The molecule has 0 aromatic carbocycles. The number of nitrogens with zero attached hydrogens (tertiary/aromatic N) is 1. The highest BCUT2D eigenvalue weighted by Crippen LogP contribution is 2.15. The molecule has 4 N–H and O–H groups in total. The molecule has 3 amide bonds. The second kappa shape index (κ2) is 10.5. The highest BCUT2D eigenvalue weighted by atomic mass is 16.5. The van der Waals surface area contributed by atoms with Gasteiger partial charge in [0.2, 0.25) is 5.91 Å². The fourth-order valence-electron chi connectivity index (χ4n) is 3.21. The zero-order valence-electron chi connectivity index (χ0n) is 15.7. The molecule has 2 aliphatic rings. The van der Waals surface area contributed by atoms with Crippen LogP contribution in [0.15, 0.2) is 12.2 Å². The fourth-order valence-corrected chi connectivity index (χ4v) is 3.21. The van der Waals surface area contributed by atoms with E-state index in [-0.39, 0.29) is 31.0 Å². The molecule has 1 fully saturated rings. The second-order valence-electron chi connectivity index (χ2n) is 7.18. The fraction of sp³-hybridized carbons (Fsp3) is 0.778. The second-order valence-corrected chi connectivity index (χ2v) is 7.18. The van der Waals surface area contributed by atoms with Crippen LogP contribution in [0.1, 0.15) is 33.1 Å². The molecule has 0 bridgehead atoms. The lowest BCUT2D eigenvalue weighted by molar-refractivity contribution is -0.125. The number of rotatable bonds is 8. The van der Waals surface area contributed by atoms with Crippen LogP contribution in [-0.2, 0) is 9.53 Å². The van der Waals surface area contributed by atoms with Crippen molar-refractivity contribution in [2.45, 2.75) is 57.4 Å². The molecular formula is C18H32N4O4. The number of hydrogen-bond donors (Lipinski definition) is 4. The summed E-state index contributed by atoms with van der Waals surface area (Å²) in [7, 11) is 0. The van der Waals surface area contributed by atoms with E-state index in [1.165, 1.54) is 12.8 Å². The van der Waals surface area contributed by atoms with Gasteiger partial charge < -0.3 is 30.7 Å². The topological polar surface area (TPSA) is 103 Å². The lowest BCUT2D eigenvalue weighted by Gasteiger charge is -2.31. The minimum atomic E-state index is -0.569. The van der Waals surface area contributed by atoms with Crippen molar-refractivity contribution in [3.63, 3.8) is 0 Å². The maximum absolute atomic E-state index is 12.1. The van der Waals surface area contributed by atoms with Crippen LogP contribution in [0.25, 0.3) is 0 Å². The van der Waals surface area contributed by atoms with Crippen LogP contribution in [0.4, 0.5) is 4.79 Å². The van der Waals surface area contributed by atoms with Crippen LogP contribution in [0.5, 0.6) is 0 Å². The zero-order valence-corrected chi connectivity index (χ0v) is 15.7. The number of carbonyl (C=O) groups excluding carboxylic acids is 2.